The van der Waals surface area contributed by atoms with Crippen LogP contribution >= 0.6 is 27.3 Å². The molecule has 0 aliphatic heterocycles. The maximum absolute atomic E-state index is 13.7. The third kappa shape index (κ3) is 2.73. The normalized spacial score (nSPS) is 12.7. The number of benzene rings is 1. The molecule has 0 saturated heterocycles. The van der Waals surface area contributed by atoms with Gasteiger partial charge in [-0.2, -0.15) is 0 Å². The molecule has 17 heavy (non-hydrogen) atoms. The van der Waals surface area contributed by atoms with Crippen molar-refractivity contribution in [3.8, 4) is 0 Å². The summed E-state index contributed by atoms with van der Waals surface area (Å²) in [4.78, 5) is 0.920. The Morgan fingerprint density at radius 3 is 2.71 bits per heavy atom. The zero-order chi connectivity index (χ0) is 12.4. The molecular weight excluding hydrogens is 308 g/mol. The van der Waals surface area contributed by atoms with Gasteiger partial charge in [0, 0.05) is 16.5 Å². The van der Waals surface area contributed by atoms with Crippen molar-refractivity contribution in [2.45, 2.75) is 12.5 Å². The van der Waals surface area contributed by atoms with Crippen LogP contribution in [0, 0.1) is 11.6 Å². The number of nitrogens with two attached hydrogens (primary N) is 1. The zero-order valence-electron chi connectivity index (χ0n) is 8.79. The quantitative estimate of drug-likeness (QED) is 0.850. The first-order valence-corrected chi connectivity index (χ1v) is 6.68. The first kappa shape index (κ1) is 12.7. The van der Waals surface area contributed by atoms with Gasteiger partial charge in [0.1, 0.15) is 11.6 Å². The van der Waals surface area contributed by atoms with E-state index >= 15 is 0 Å². The molecule has 1 atom stereocenters. The highest BCUT2D eigenvalue weighted by molar-refractivity contribution is 9.10. The van der Waals surface area contributed by atoms with Crippen molar-refractivity contribution in [1.82, 2.24) is 0 Å². The summed E-state index contributed by atoms with van der Waals surface area (Å²) in [5, 5.41) is 1.89. The molecule has 1 aromatic heterocycles. The average molecular weight is 318 g/mol. The molecular formula is C12H10BrF2NS. The van der Waals surface area contributed by atoms with Gasteiger partial charge in [0.15, 0.2) is 0 Å². The summed E-state index contributed by atoms with van der Waals surface area (Å²) in [6.45, 7) is 0. The summed E-state index contributed by atoms with van der Waals surface area (Å²) in [7, 11) is 0. The highest BCUT2D eigenvalue weighted by atomic mass is 79.9. The van der Waals surface area contributed by atoms with Gasteiger partial charge >= 0.3 is 0 Å². The first-order chi connectivity index (χ1) is 8.09. The molecule has 1 unspecified atom stereocenters. The smallest absolute Gasteiger partial charge is 0.143 e. The molecule has 2 aromatic rings. The minimum absolute atomic E-state index is 0.0280. The highest BCUT2D eigenvalue weighted by Gasteiger charge is 2.17. The lowest BCUT2D eigenvalue weighted by Crippen LogP contribution is -2.14. The van der Waals surface area contributed by atoms with Gasteiger partial charge in [-0.1, -0.05) is 6.07 Å². The first-order valence-electron chi connectivity index (χ1n) is 5.01. The molecule has 1 nitrogen and oxygen atoms in total. The third-order valence-corrected chi connectivity index (χ3v) is 4.09. The molecule has 1 heterocycles. The summed E-state index contributed by atoms with van der Waals surface area (Å²) in [6.07, 6.45) is 0.150. The van der Waals surface area contributed by atoms with E-state index in [-0.39, 0.29) is 22.5 Å². The van der Waals surface area contributed by atoms with E-state index in [4.69, 9.17) is 5.73 Å². The Hall–Kier alpha value is -0.780. The number of thiophene rings is 1. The van der Waals surface area contributed by atoms with Crippen LogP contribution in [0.4, 0.5) is 8.78 Å². The SMILES string of the molecule is NC(Cc1c(F)ccc(Br)c1F)c1cccs1. The highest BCUT2D eigenvalue weighted by Crippen LogP contribution is 2.27. The fourth-order valence-electron chi connectivity index (χ4n) is 1.58. The van der Waals surface area contributed by atoms with Gasteiger partial charge in [0.05, 0.1) is 4.47 Å². The lowest BCUT2D eigenvalue weighted by Gasteiger charge is -2.12. The minimum atomic E-state index is -0.572. The molecule has 2 rings (SSSR count). The van der Waals surface area contributed by atoms with Crippen molar-refractivity contribution >= 4 is 27.3 Å². The number of hydrogen-bond acceptors (Lipinski definition) is 2. The molecule has 2 N–H and O–H groups in total. The summed E-state index contributed by atoms with van der Waals surface area (Å²) in [6, 6.07) is 5.94. The molecule has 0 amide bonds. The van der Waals surface area contributed by atoms with E-state index in [1.54, 1.807) is 0 Å². The lowest BCUT2D eigenvalue weighted by molar-refractivity contribution is 0.537. The van der Waals surface area contributed by atoms with Crippen LogP contribution in [-0.2, 0) is 6.42 Å². The van der Waals surface area contributed by atoms with Crippen LogP contribution in [0.5, 0.6) is 0 Å². The maximum Gasteiger partial charge on any atom is 0.143 e. The largest absolute Gasteiger partial charge is 0.323 e. The van der Waals surface area contributed by atoms with Crippen molar-refractivity contribution < 1.29 is 8.78 Å². The van der Waals surface area contributed by atoms with E-state index in [0.29, 0.717) is 0 Å². The van der Waals surface area contributed by atoms with Gasteiger partial charge in [0.25, 0.3) is 0 Å². The van der Waals surface area contributed by atoms with Gasteiger partial charge in [-0.25, -0.2) is 8.78 Å². The second-order valence-corrected chi connectivity index (χ2v) is 5.48. The topological polar surface area (TPSA) is 26.0 Å². The molecule has 90 valence electrons. The monoisotopic (exact) mass is 317 g/mol. The minimum Gasteiger partial charge on any atom is -0.323 e. The van der Waals surface area contributed by atoms with Gasteiger partial charge < -0.3 is 5.73 Å². The van der Waals surface area contributed by atoms with Crippen LogP contribution in [0.25, 0.3) is 0 Å². The van der Waals surface area contributed by atoms with Crippen LogP contribution in [0.1, 0.15) is 16.5 Å². The fraction of sp³-hybridized carbons (Fsp3) is 0.167. The number of hydrogen-bond donors (Lipinski definition) is 1. The number of halogens is 3. The predicted octanol–water partition coefficient (Wildman–Crippen LogP) is 4.03. The van der Waals surface area contributed by atoms with E-state index in [1.165, 1.54) is 23.5 Å². The molecule has 0 bridgehead atoms. The molecule has 1 aromatic carbocycles. The van der Waals surface area contributed by atoms with Crippen LogP contribution in [0.15, 0.2) is 34.1 Å². The standard InChI is InChI=1S/C12H10BrF2NS/c13-8-3-4-9(14)7(12(8)15)6-10(16)11-2-1-5-17-11/h1-5,10H,6,16H2. The van der Waals surface area contributed by atoms with Crippen molar-refractivity contribution in [3.05, 3.63) is 56.2 Å². The Morgan fingerprint density at radius 1 is 1.29 bits per heavy atom. The fourth-order valence-corrected chi connectivity index (χ4v) is 2.68. The van der Waals surface area contributed by atoms with Gasteiger partial charge in [-0.15, -0.1) is 11.3 Å². The molecule has 5 heteroatoms. The Balaban J connectivity index is 2.27. The predicted molar refractivity (Wildman–Crippen MR) is 69.0 cm³/mol. The van der Waals surface area contributed by atoms with Crippen LogP contribution in [0.2, 0.25) is 0 Å². The van der Waals surface area contributed by atoms with E-state index in [1.807, 2.05) is 17.5 Å². The van der Waals surface area contributed by atoms with Crippen molar-refractivity contribution in [3.63, 3.8) is 0 Å². The zero-order valence-corrected chi connectivity index (χ0v) is 11.2. The molecule has 0 aliphatic rings. The van der Waals surface area contributed by atoms with Crippen molar-refractivity contribution in [2.24, 2.45) is 5.73 Å². The third-order valence-electron chi connectivity index (χ3n) is 2.47. The Bertz CT molecular complexity index is 513. The summed E-state index contributed by atoms with van der Waals surface area (Å²) >= 11 is 4.52. The van der Waals surface area contributed by atoms with Crippen molar-refractivity contribution in [1.29, 1.82) is 0 Å². The van der Waals surface area contributed by atoms with E-state index in [2.05, 4.69) is 15.9 Å². The van der Waals surface area contributed by atoms with E-state index in [9.17, 15) is 8.78 Å². The van der Waals surface area contributed by atoms with Gasteiger partial charge in [0.2, 0.25) is 0 Å². The second-order valence-electron chi connectivity index (χ2n) is 3.65. The molecule has 0 aliphatic carbocycles. The average Bonchev–Trinajstić information content (AvgIpc) is 2.83. The van der Waals surface area contributed by atoms with Crippen LogP contribution in [0.3, 0.4) is 0 Å². The molecule has 0 saturated carbocycles. The van der Waals surface area contributed by atoms with Crippen molar-refractivity contribution in [2.75, 3.05) is 0 Å². The maximum atomic E-state index is 13.7. The lowest BCUT2D eigenvalue weighted by atomic mass is 10.0. The molecule has 0 radical (unpaired) electrons. The molecule has 0 spiro atoms. The Morgan fingerprint density at radius 2 is 2.06 bits per heavy atom. The van der Waals surface area contributed by atoms with E-state index in [0.717, 1.165) is 4.88 Å². The molecule has 0 fully saturated rings. The van der Waals surface area contributed by atoms with Crippen LogP contribution in [-0.4, -0.2) is 0 Å². The second kappa shape index (κ2) is 5.25. The Kier molecular flexibility index (Phi) is 3.91. The summed E-state index contributed by atoms with van der Waals surface area (Å²) < 4.78 is 27.5. The number of rotatable bonds is 3. The van der Waals surface area contributed by atoms with Gasteiger partial charge in [-0.3, -0.25) is 0 Å². The summed E-state index contributed by atoms with van der Waals surface area (Å²) in [5.41, 5.74) is 5.95. The Labute approximate surface area is 110 Å². The summed E-state index contributed by atoms with van der Waals surface area (Å²) in [5.74, 6) is -1.13. The van der Waals surface area contributed by atoms with Gasteiger partial charge in [-0.05, 0) is 45.9 Å². The van der Waals surface area contributed by atoms with Crippen LogP contribution < -0.4 is 5.73 Å². The van der Waals surface area contributed by atoms with E-state index < -0.39 is 11.6 Å².